The molecule has 3 fully saturated rings. The maximum absolute atomic E-state index is 14.5. The Morgan fingerprint density at radius 1 is 0.973 bits per heavy atom. The second-order valence-corrected chi connectivity index (χ2v) is 24.5. The Morgan fingerprint density at radius 3 is 2.23 bits per heavy atom. The van der Waals surface area contributed by atoms with Crippen LogP contribution in [-0.2, 0) is 55.9 Å². The molecular weight excluding hydrogens is 970 g/mol. The van der Waals surface area contributed by atoms with Crippen LogP contribution >= 0.6 is 0 Å². The van der Waals surface area contributed by atoms with Crippen molar-refractivity contribution in [1.82, 2.24) is 24.8 Å². The summed E-state index contributed by atoms with van der Waals surface area (Å²) in [5, 5.41) is 68.2. The zero-order valence-corrected chi connectivity index (χ0v) is 46.4. The number of ether oxygens (including phenoxy) is 6. The lowest BCUT2D eigenvalue weighted by Gasteiger charge is -2.49. The molecule has 2 aromatic rings. The molecule has 5 rings (SSSR count). The summed E-state index contributed by atoms with van der Waals surface area (Å²) in [7, 11) is 1.80. The third-order valence-corrected chi connectivity index (χ3v) is 17.8. The molecule has 0 spiro atoms. The van der Waals surface area contributed by atoms with Gasteiger partial charge in [-0.05, 0) is 112 Å². The van der Waals surface area contributed by atoms with Gasteiger partial charge in [-0.15, -0.1) is 5.10 Å². The van der Waals surface area contributed by atoms with Crippen LogP contribution in [0.3, 0.4) is 0 Å². The summed E-state index contributed by atoms with van der Waals surface area (Å²) in [6.07, 6.45) is -7.19. The highest BCUT2D eigenvalue weighted by Crippen LogP contribution is 2.40. The van der Waals surface area contributed by atoms with Gasteiger partial charge in [0, 0.05) is 57.2 Å². The van der Waals surface area contributed by atoms with Gasteiger partial charge in [0.25, 0.3) is 0 Å². The fourth-order valence-corrected chi connectivity index (χ4v) is 12.1. The third kappa shape index (κ3) is 14.4. The minimum atomic E-state index is -3.37. The zero-order chi connectivity index (χ0) is 54.5. The molecule has 0 amide bonds. The van der Waals surface area contributed by atoms with Crippen LogP contribution in [0.4, 0.5) is 4.39 Å². The number of aromatic nitrogens is 3. The smallest absolute Gasteiger partial charge is 0.311 e. The maximum Gasteiger partial charge on any atom is 0.311 e. The van der Waals surface area contributed by atoms with Crippen LogP contribution in [0.5, 0.6) is 0 Å². The Balaban J connectivity index is 1.42. The first-order valence-electron chi connectivity index (χ1n) is 26.1. The molecule has 4 heterocycles. The van der Waals surface area contributed by atoms with Gasteiger partial charge >= 0.3 is 5.97 Å². The number of halogens is 1. The number of alkyl halides is 1. The molecule has 0 saturated carbocycles. The summed E-state index contributed by atoms with van der Waals surface area (Å²) in [4.78, 5) is 18.6. The summed E-state index contributed by atoms with van der Waals surface area (Å²) < 4.78 is 78.7. The number of benzene rings is 1. The largest absolute Gasteiger partial charge is 0.459 e. The topological polar surface area (TPSA) is 245 Å². The molecule has 73 heavy (non-hydrogen) atoms. The monoisotopic (exact) mass is 1060 g/mol. The molecule has 3 aliphatic heterocycles. The second-order valence-electron chi connectivity index (χ2n) is 22.2. The van der Waals surface area contributed by atoms with Crippen LogP contribution in [0.1, 0.15) is 119 Å². The number of carbonyl (C=O) groups is 1. The SMILES string of the molecule is CC[C@H]1OC(=O)[C@H](C)[C@@H](O[C@H]2C[C@@](C)(OC)[C@@H](O)[C@H](C)O2)[C@H](C)[C@@H](O[C@@H]2O[C@H](C)C[C@H](N(C)CCc3cn([C@H](CF)Cc4ccc(S(=O)(=O)CC)cc4)nn3)[C@H]2O)[C@](C)(O)C[C@@H](C)CN(C)[C@H](C)[C@@H](O)[C@]1(C)O. The third-order valence-electron chi connectivity index (χ3n) is 16.1. The van der Waals surface area contributed by atoms with Gasteiger partial charge in [0.15, 0.2) is 22.4 Å². The van der Waals surface area contributed by atoms with Crippen molar-refractivity contribution in [1.29, 1.82) is 0 Å². The predicted molar refractivity (Wildman–Crippen MR) is 270 cm³/mol. The number of rotatable bonds is 16. The molecule has 5 N–H and O–H groups in total. The van der Waals surface area contributed by atoms with Gasteiger partial charge in [-0.2, -0.15) is 0 Å². The quantitative estimate of drug-likeness (QED) is 0.151. The highest BCUT2D eigenvalue weighted by molar-refractivity contribution is 7.91. The Bertz CT molecular complexity index is 2170. The summed E-state index contributed by atoms with van der Waals surface area (Å²) in [6.45, 7) is 19.0. The lowest BCUT2D eigenvalue weighted by Crippen LogP contribution is -2.61. The van der Waals surface area contributed by atoms with Gasteiger partial charge in [0.2, 0.25) is 0 Å². The lowest BCUT2D eigenvalue weighted by molar-refractivity contribution is -0.318. The number of aliphatic hydroxyl groups is 5. The Hall–Kier alpha value is -2.77. The van der Waals surface area contributed by atoms with Crippen molar-refractivity contribution in [2.45, 2.75) is 216 Å². The van der Waals surface area contributed by atoms with Crippen molar-refractivity contribution in [3.8, 4) is 0 Å². The van der Waals surface area contributed by atoms with Crippen molar-refractivity contribution in [2.24, 2.45) is 17.8 Å². The van der Waals surface area contributed by atoms with E-state index in [1.54, 1.807) is 73.7 Å². The molecule has 1 aromatic carbocycles. The lowest BCUT2D eigenvalue weighted by atomic mass is 9.77. The molecule has 3 aliphatic rings. The van der Waals surface area contributed by atoms with E-state index >= 15 is 0 Å². The molecule has 418 valence electrons. The highest BCUT2D eigenvalue weighted by atomic mass is 32.2. The number of likely N-dealkylation sites (N-methyl/N-ethyl adjacent to an activating group) is 2. The molecule has 21 heteroatoms. The number of hydrogen-bond donors (Lipinski definition) is 5. The van der Waals surface area contributed by atoms with E-state index in [4.69, 9.17) is 28.4 Å². The number of carbonyl (C=O) groups excluding carboxylic acids is 1. The molecule has 0 unspecified atom stereocenters. The Morgan fingerprint density at radius 2 is 1.63 bits per heavy atom. The number of hydrogen-bond acceptors (Lipinski definition) is 18. The highest BCUT2D eigenvalue weighted by Gasteiger charge is 2.53. The average molecular weight is 1060 g/mol. The van der Waals surface area contributed by atoms with Crippen molar-refractivity contribution >= 4 is 15.8 Å². The van der Waals surface area contributed by atoms with Crippen molar-refractivity contribution < 1.29 is 71.6 Å². The predicted octanol–water partition coefficient (Wildman–Crippen LogP) is 3.65. The molecule has 0 radical (unpaired) electrons. The minimum absolute atomic E-state index is 0.0188. The zero-order valence-electron chi connectivity index (χ0n) is 45.6. The van der Waals surface area contributed by atoms with E-state index in [-0.39, 0.29) is 42.2 Å². The summed E-state index contributed by atoms with van der Waals surface area (Å²) in [5.41, 5.74) is -3.26. The number of esters is 1. The molecule has 0 bridgehead atoms. The fourth-order valence-electron chi connectivity index (χ4n) is 11.2. The van der Waals surface area contributed by atoms with E-state index in [0.717, 1.165) is 5.56 Å². The van der Waals surface area contributed by atoms with E-state index in [1.807, 2.05) is 37.7 Å². The Kier molecular flexibility index (Phi) is 21.0. The fraction of sp³-hybridized carbons (Fsp3) is 0.827. The normalized spacial score (nSPS) is 39.4. The van der Waals surface area contributed by atoms with Gasteiger partial charge < -0.3 is 63.8 Å². The second kappa shape index (κ2) is 25.1. The van der Waals surface area contributed by atoms with Crippen LogP contribution in [0, 0.1) is 17.8 Å². The minimum Gasteiger partial charge on any atom is -0.459 e. The number of sulfone groups is 1. The van der Waals surface area contributed by atoms with Gasteiger partial charge in [0.05, 0.1) is 63.9 Å². The van der Waals surface area contributed by atoms with Crippen molar-refractivity contribution in [3.63, 3.8) is 0 Å². The van der Waals surface area contributed by atoms with Crippen LogP contribution in [0.2, 0.25) is 0 Å². The first-order valence-corrected chi connectivity index (χ1v) is 27.7. The number of aliphatic hydroxyl groups excluding tert-OH is 3. The van der Waals surface area contributed by atoms with Gasteiger partial charge in [-0.1, -0.05) is 45.0 Å². The first-order chi connectivity index (χ1) is 34.0. The first kappa shape index (κ1) is 61.1. The van der Waals surface area contributed by atoms with Crippen molar-refractivity contribution in [2.75, 3.05) is 46.7 Å². The molecule has 1 aromatic heterocycles. The summed E-state index contributed by atoms with van der Waals surface area (Å²) in [6, 6.07) is 4.67. The molecule has 19 atom stereocenters. The molecule has 3 saturated heterocycles. The maximum atomic E-state index is 14.5. The molecule has 0 aliphatic carbocycles. The summed E-state index contributed by atoms with van der Waals surface area (Å²) in [5.74, 6) is -2.92. The van der Waals surface area contributed by atoms with E-state index in [9.17, 15) is 43.1 Å². The van der Waals surface area contributed by atoms with E-state index in [0.29, 0.717) is 31.6 Å². The van der Waals surface area contributed by atoms with Crippen molar-refractivity contribution in [3.05, 3.63) is 41.7 Å². The molecule has 19 nitrogen and oxygen atoms in total. The van der Waals surface area contributed by atoms with Crippen LogP contribution < -0.4 is 0 Å². The Labute approximate surface area is 432 Å². The van der Waals surface area contributed by atoms with Crippen LogP contribution in [0.25, 0.3) is 0 Å². The van der Waals surface area contributed by atoms with E-state index < -0.39 is 131 Å². The van der Waals surface area contributed by atoms with Crippen LogP contribution in [-0.4, -0.2) is 202 Å². The number of methoxy groups -OCH3 is 1. The summed E-state index contributed by atoms with van der Waals surface area (Å²) >= 11 is 0. The van der Waals surface area contributed by atoms with E-state index in [1.165, 1.54) is 30.8 Å². The van der Waals surface area contributed by atoms with Gasteiger partial charge in [-0.3, -0.25) is 4.79 Å². The average Bonchev–Trinajstić information content (AvgIpc) is 3.82. The van der Waals surface area contributed by atoms with Crippen LogP contribution in [0.15, 0.2) is 35.4 Å². The van der Waals surface area contributed by atoms with Gasteiger partial charge in [0.1, 0.15) is 36.7 Å². The standard InChI is InChI=1S/C52H88FN5O14S/c1-15-41-52(11,64)45(60)34(7)57(13)28-30(3)25-50(9,63)47(32(5)44(33(6)48(62)70-41)71-42-26-51(10,67-14)46(61)35(8)69-42)72-49-43(59)40(23-31(4)68-49)56(12)22-21-37-29-58(55-54-37)38(27-53)24-36-17-19-39(20-18-36)73(65,66)16-2/h17-20,29-35,38,40-47,49,59-61,63-64H,15-16,21-28H2,1-14H3/t30-,31-,32+,33-,34-,35+,38+,40+,41-,42+,43-,44+,45-,46+,47-,49+,50-,51-,52-/m1/s1. The number of cyclic esters (lactones) is 1. The number of nitrogens with zero attached hydrogens (tertiary/aromatic N) is 5. The van der Waals surface area contributed by atoms with Gasteiger partial charge in [-0.25, -0.2) is 17.5 Å². The van der Waals surface area contributed by atoms with E-state index in [2.05, 4.69) is 10.3 Å². The molecular formula is C52H88FN5O14S.